The van der Waals surface area contributed by atoms with Gasteiger partial charge in [-0.2, -0.15) is 0 Å². The lowest BCUT2D eigenvalue weighted by molar-refractivity contribution is 0.166. The Morgan fingerprint density at radius 3 is 2.88 bits per heavy atom. The number of hydrogen-bond acceptors (Lipinski definition) is 4. The number of fused-ring (bicyclic) bond motifs is 1. The number of hydrogen-bond donors (Lipinski definition) is 2. The summed E-state index contributed by atoms with van der Waals surface area (Å²) in [5, 5.41) is 10.2. The minimum absolute atomic E-state index is 0.125. The van der Waals surface area contributed by atoms with E-state index >= 15 is 0 Å². The molecule has 0 bridgehead atoms. The summed E-state index contributed by atoms with van der Waals surface area (Å²) < 4.78 is 10.9. The molecule has 1 aromatic carbocycles. The molecule has 0 amide bonds. The van der Waals surface area contributed by atoms with E-state index < -0.39 is 6.10 Å². The maximum atomic E-state index is 9.79. The fourth-order valence-electron chi connectivity index (χ4n) is 1.81. The summed E-state index contributed by atoms with van der Waals surface area (Å²) in [6.45, 7) is 2.97. The van der Waals surface area contributed by atoms with Crippen LogP contribution in [-0.2, 0) is 0 Å². The molecule has 5 heteroatoms. The van der Waals surface area contributed by atoms with Crippen LogP contribution in [0.4, 0.5) is 0 Å². The van der Waals surface area contributed by atoms with Gasteiger partial charge < -0.3 is 20.3 Å². The second-order valence-electron chi connectivity index (χ2n) is 3.70. The van der Waals surface area contributed by atoms with Crippen molar-refractivity contribution in [2.75, 3.05) is 19.8 Å². The van der Waals surface area contributed by atoms with E-state index in [2.05, 4.69) is 0 Å². The number of aryl methyl sites for hydroxylation is 1. The van der Waals surface area contributed by atoms with Gasteiger partial charge in [-0.15, -0.1) is 0 Å². The van der Waals surface area contributed by atoms with Crippen molar-refractivity contribution in [3.05, 3.63) is 22.2 Å². The van der Waals surface area contributed by atoms with Crippen LogP contribution in [0, 0.1) is 6.92 Å². The molecule has 1 heterocycles. The molecule has 4 nitrogen and oxygen atoms in total. The van der Waals surface area contributed by atoms with Gasteiger partial charge in [-0.05, 0) is 18.6 Å². The predicted molar refractivity (Wildman–Crippen MR) is 61.2 cm³/mol. The van der Waals surface area contributed by atoms with Gasteiger partial charge in [0.15, 0.2) is 11.5 Å². The van der Waals surface area contributed by atoms with Gasteiger partial charge in [-0.3, -0.25) is 0 Å². The summed E-state index contributed by atoms with van der Waals surface area (Å²) in [7, 11) is 0. The number of nitrogens with two attached hydrogens (primary N) is 1. The Morgan fingerprint density at radius 1 is 1.50 bits per heavy atom. The lowest BCUT2D eigenvalue weighted by atomic mass is 10.0. The van der Waals surface area contributed by atoms with Crippen LogP contribution in [0.15, 0.2) is 6.07 Å². The predicted octanol–water partition coefficient (Wildman–Crippen LogP) is 1.41. The molecule has 1 atom stereocenters. The summed E-state index contributed by atoms with van der Waals surface area (Å²) >= 11 is 6.19. The molecule has 0 spiro atoms. The Bertz CT molecular complexity index is 409. The van der Waals surface area contributed by atoms with Crippen LogP contribution in [-0.4, -0.2) is 24.9 Å². The highest BCUT2D eigenvalue weighted by Gasteiger charge is 2.23. The first kappa shape index (κ1) is 11.5. The van der Waals surface area contributed by atoms with E-state index in [0.29, 0.717) is 35.3 Å². The molecule has 0 fully saturated rings. The third-order valence-corrected chi connectivity index (χ3v) is 2.95. The van der Waals surface area contributed by atoms with E-state index in [9.17, 15) is 5.11 Å². The van der Waals surface area contributed by atoms with Crippen molar-refractivity contribution in [2.24, 2.45) is 5.73 Å². The highest BCUT2D eigenvalue weighted by molar-refractivity contribution is 6.33. The average molecular weight is 244 g/mol. The Kier molecular flexibility index (Phi) is 3.23. The van der Waals surface area contributed by atoms with Gasteiger partial charge in [0, 0.05) is 12.1 Å². The first-order chi connectivity index (χ1) is 7.65. The molecular weight excluding hydrogens is 230 g/mol. The molecule has 2 rings (SSSR count). The molecule has 1 aliphatic heterocycles. The number of aliphatic hydroxyl groups excluding tert-OH is 1. The summed E-state index contributed by atoms with van der Waals surface area (Å²) in [4.78, 5) is 0. The molecule has 16 heavy (non-hydrogen) atoms. The zero-order valence-electron chi connectivity index (χ0n) is 9.00. The maximum absolute atomic E-state index is 9.79. The van der Waals surface area contributed by atoms with Gasteiger partial charge >= 0.3 is 0 Å². The van der Waals surface area contributed by atoms with Crippen LogP contribution in [0.1, 0.15) is 17.2 Å². The molecule has 0 aliphatic carbocycles. The summed E-state index contributed by atoms with van der Waals surface area (Å²) in [5.41, 5.74) is 6.91. The van der Waals surface area contributed by atoms with E-state index in [1.54, 1.807) is 0 Å². The fraction of sp³-hybridized carbons (Fsp3) is 0.455. The minimum atomic E-state index is -0.775. The van der Waals surface area contributed by atoms with Crippen LogP contribution in [0.5, 0.6) is 11.5 Å². The Labute approximate surface area is 98.9 Å². The van der Waals surface area contributed by atoms with Gasteiger partial charge in [-0.25, -0.2) is 0 Å². The van der Waals surface area contributed by atoms with Crippen LogP contribution in [0.25, 0.3) is 0 Å². The summed E-state index contributed by atoms with van der Waals surface area (Å²) in [6.07, 6.45) is -0.775. The molecule has 0 saturated heterocycles. The van der Waals surface area contributed by atoms with Crippen molar-refractivity contribution in [3.8, 4) is 11.5 Å². The maximum Gasteiger partial charge on any atom is 0.180 e. The van der Waals surface area contributed by atoms with E-state index in [1.807, 2.05) is 13.0 Å². The lowest BCUT2D eigenvalue weighted by Gasteiger charge is -2.23. The Balaban J connectivity index is 2.54. The number of aliphatic hydroxyl groups is 1. The van der Waals surface area contributed by atoms with Crippen LogP contribution in [0.3, 0.4) is 0 Å². The van der Waals surface area contributed by atoms with Crippen molar-refractivity contribution in [1.29, 1.82) is 0 Å². The van der Waals surface area contributed by atoms with Crippen molar-refractivity contribution >= 4 is 11.6 Å². The number of rotatable bonds is 2. The summed E-state index contributed by atoms with van der Waals surface area (Å²) in [5.74, 6) is 1.13. The average Bonchev–Trinajstić information content (AvgIpc) is 2.28. The molecule has 1 aliphatic rings. The molecule has 1 unspecified atom stereocenters. The zero-order valence-corrected chi connectivity index (χ0v) is 9.75. The smallest absolute Gasteiger partial charge is 0.180 e. The second kappa shape index (κ2) is 4.49. The van der Waals surface area contributed by atoms with Gasteiger partial charge in [0.05, 0.1) is 11.1 Å². The van der Waals surface area contributed by atoms with Gasteiger partial charge in [0.25, 0.3) is 0 Å². The molecule has 0 radical (unpaired) electrons. The van der Waals surface area contributed by atoms with Crippen LogP contribution < -0.4 is 15.2 Å². The monoisotopic (exact) mass is 243 g/mol. The fourth-order valence-corrected chi connectivity index (χ4v) is 2.23. The van der Waals surface area contributed by atoms with Gasteiger partial charge in [0.2, 0.25) is 0 Å². The highest BCUT2D eigenvalue weighted by atomic mass is 35.5. The number of benzene rings is 1. The molecule has 0 saturated carbocycles. The van der Waals surface area contributed by atoms with Crippen molar-refractivity contribution in [2.45, 2.75) is 13.0 Å². The quantitative estimate of drug-likeness (QED) is 0.825. The van der Waals surface area contributed by atoms with Crippen molar-refractivity contribution in [3.63, 3.8) is 0 Å². The van der Waals surface area contributed by atoms with Crippen LogP contribution >= 0.6 is 11.6 Å². The molecule has 0 aromatic heterocycles. The molecule has 3 N–H and O–H groups in total. The minimum Gasteiger partial charge on any atom is -0.486 e. The third kappa shape index (κ3) is 1.84. The largest absolute Gasteiger partial charge is 0.486 e. The topological polar surface area (TPSA) is 64.7 Å². The Hall–Kier alpha value is -0.970. The van der Waals surface area contributed by atoms with E-state index in [1.165, 1.54) is 0 Å². The first-order valence-corrected chi connectivity index (χ1v) is 5.49. The van der Waals surface area contributed by atoms with E-state index in [4.69, 9.17) is 26.8 Å². The van der Waals surface area contributed by atoms with Crippen molar-refractivity contribution in [1.82, 2.24) is 0 Å². The highest BCUT2D eigenvalue weighted by Crippen LogP contribution is 2.43. The molecule has 1 aromatic rings. The Morgan fingerprint density at radius 2 is 2.19 bits per heavy atom. The SMILES string of the molecule is Cc1cc2c(c(Cl)c1C(O)CN)OCCO2. The zero-order chi connectivity index (χ0) is 11.7. The van der Waals surface area contributed by atoms with Gasteiger partial charge in [0.1, 0.15) is 13.2 Å². The van der Waals surface area contributed by atoms with E-state index in [0.717, 1.165) is 5.56 Å². The third-order valence-electron chi connectivity index (χ3n) is 2.58. The van der Waals surface area contributed by atoms with E-state index in [-0.39, 0.29) is 6.54 Å². The normalized spacial score (nSPS) is 16.0. The molecule has 88 valence electrons. The molecular formula is C11H14ClNO3. The van der Waals surface area contributed by atoms with Crippen LogP contribution in [0.2, 0.25) is 5.02 Å². The van der Waals surface area contributed by atoms with Crippen molar-refractivity contribution < 1.29 is 14.6 Å². The second-order valence-corrected chi connectivity index (χ2v) is 4.07. The summed E-state index contributed by atoms with van der Waals surface area (Å²) in [6, 6.07) is 1.81. The lowest BCUT2D eigenvalue weighted by Crippen LogP contribution is -2.18. The number of ether oxygens (including phenoxy) is 2. The van der Waals surface area contributed by atoms with Gasteiger partial charge in [-0.1, -0.05) is 11.6 Å². The first-order valence-electron chi connectivity index (χ1n) is 5.12. The number of halogens is 1. The standard InChI is InChI=1S/C11H14ClNO3/c1-6-4-8-11(16-3-2-15-8)10(12)9(6)7(14)5-13/h4,7,14H,2-3,5,13H2,1H3.